The highest BCUT2D eigenvalue weighted by Crippen LogP contribution is 2.31. The smallest absolute Gasteiger partial charge is 0.233 e. The van der Waals surface area contributed by atoms with E-state index in [9.17, 15) is 4.79 Å². The molecule has 1 atom stereocenters. The topological polar surface area (TPSA) is 72.7 Å². The third-order valence-corrected chi connectivity index (χ3v) is 6.54. The van der Waals surface area contributed by atoms with E-state index in [0.29, 0.717) is 11.2 Å². The van der Waals surface area contributed by atoms with Gasteiger partial charge in [-0.05, 0) is 57.4 Å². The molecule has 0 saturated heterocycles. The second-order valence-corrected chi connectivity index (χ2v) is 9.23. The number of thioether (sulfide) groups is 1. The second kappa shape index (κ2) is 9.00. The average Bonchev–Trinajstić information content (AvgIpc) is 3.39. The molecule has 4 rings (SSSR count). The minimum absolute atomic E-state index is 0.0602. The second-order valence-electron chi connectivity index (χ2n) is 7.92. The summed E-state index contributed by atoms with van der Waals surface area (Å²) in [5.41, 5.74) is 4.23. The molecule has 1 N–H and O–H groups in total. The van der Waals surface area contributed by atoms with Crippen LogP contribution in [0.3, 0.4) is 0 Å². The summed E-state index contributed by atoms with van der Waals surface area (Å²) in [6.07, 6.45) is 8.07. The molecule has 0 radical (unpaired) electrons. The number of nitrogens with zero attached hydrogens (tertiary/aromatic N) is 4. The SMILES string of the molecule is Cc1ccc(-n2c(S[C@H](C)C(=O)NC3CCCC3)nnc2-c2cccnc2)c(C)c1. The fourth-order valence-electron chi connectivity index (χ4n) is 3.90. The first kappa shape index (κ1) is 20.6. The summed E-state index contributed by atoms with van der Waals surface area (Å²) in [4.78, 5) is 17.0. The number of amides is 1. The summed E-state index contributed by atoms with van der Waals surface area (Å²) in [5, 5.41) is 12.5. The third-order valence-electron chi connectivity index (χ3n) is 5.50. The molecule has 1 saturated carbocycles. The summed E-state index contributed by atoms with van der Waals surface area (Å²) in [7, 11) is 0. The van der Waals surface area contributed by atoms with Crippen LogP contribution in [0.4, 0.5) is 0 Å². The van der Waals surface area contributed by atoms with Crippen molar-refractivity contribution < 1.29 is 4.79 Å². The van der Waals surface area contributed by atoms with Crippen molar-refractivity contribution >= 4 is 17.7 Å². The molecular formula is C23H27N5OS. The van der Waals surface area contributed by atoms with Crippen LogP contribution < -0.4 is 5.32 Å². The lowest BCUT2D eigenvalue weighted by Crippen LogP contribution is -2.37. The fraction of sp³-hybridized carbons (Fsp3) is 0.391. The summed E-state index contributed by atoms with van der Waals surface area (Å²) in [6.45, 7) is 6.09. The highest BCUT2D eigenvalue weighted by Gasteiger charge is 2.25. The number of hydrogen-bond acceptors (Lipinski definition) is 5. The summed E-state index contributed by atoms with van der Waals surface area (Å²) < 4.78 is 2.04. The lowest BCUT2D eigenvalue weighted by Gasteiger charge is -2.17. The van der Waals surface area contributed by atoms with Gasteiger partial charge in [-0.1, -0.05) is 42.3 Å². The number of rotatable bonds is 6. The zero-order valence-electron chi connectivity index (χ0n) is 17.6. The summed E-state index contributed by atoms with van der Waals surface area (Å²) in [5.74, 6) is 0.783. The standard InChI is InChI=1S/C23H27N5OS/c1-15-10-11-20(16(2)13-15)28-21(18-7-6-12-24-14-18)26-27-23(28)30-17(3)22(29)25-19-8-4-5-9-19/h6-7,10-14,17,19H,4-5,8-9H2,1-3H3,(H,25,29)/t17-/m1/s1. The van der Waals surface area contributed by atoms with Gasteiger partial charge in [-0.3, -0.25) is 14.3 Å². The fourth-order valence-corrected chi connectivity index (χ4v) is 4.77. The lowest BCUT2D eigenvalue weighted by molar-refractivity contribution is -0.120. The van der Waals surface area contributed by atoms with Crippen LogP contribution in [0.25, 0.3) is 17.1 Å². The van der Waals surface area contributed by atoms with E-state index in [4.69, 9.17) is 0 Å². The van der Waals surface area contributed by atoms with Crippen molar-refractivity contribution in [3.63, 3.8) is 0 Å². The van der Waals surface area contributed by atoms with Gasteiger partial charge in [-0.2, -0.15) is 0 Å². The number of aryl methyl sites for hydroxylation is 2. The maximum absolute atomic E-state index is 12.7. The molecule has 6 nitrogen and oxygen atoms in total. The molecule has 30 heavy (non-hydrogen) atoms. The van der Waals surface area contributed by atoms with Crippen molar-refractivity contribution in [2.24, 2.45) is 0 Å². The van der Waals surface area contributed by atoms with Crippen LogP contribution in [0.15, 0.2) is 47.9 Å². The van der Waals surface area contributed by atoms with E-state index in [0.717, 1.165) is 35.5 Å². The van der Waals surface area contributed by atoms with Crippen LogP contribution in [0, 0.1) is 13.8 Å². The first-order valence-corrected chi connectivity index (χ1v) is 11.3. The Kier molecular flexibility index (Phi) is 6.18. The van der Waals surface area contributed by atoms with E-state index in [2.05, 4.69) is 52.5 Å². The van der Waals surface area contributed by atoms with Crippen LogP contribution in [-0.2, 0) is 4.79 Å². The number of carbonyl (C=O) groups excluding carboxylic acids is 1. The van der Waals surface area contributed by atoms with Crippen LogP contribution in [-0.4, -0.2) is 36.9 Å². The van der Waals surface area contributed by atoms with Gasteiger partial charge in [0.25, 0.3) is 0 Å². The highest BCUT2D eigenvalue weighted by atomic mass is 32.2. The number of benzene rings is 1. The van der Waals surface area contributed by atoms with Crippen LogP contribution in [0.2, 0.25) is 0 Å². The molecule has 0 unspecified atom stereocenters. The van der Waals surface area contributed by atoms with Gasteiger partial charge in [0.2, 0.25) is 5.91 Å². The zero-order chi connectivity index (χ0) is 21.1. The quantitative estimate of drug-likeness (QED) is 0.594. The number of nitrogens with one attached hydrogen (secondary N) is 1. The Bertz CT molecular complexity index is 1030. The number of hydrogen-bond donors (Lipinski definition) is 1. The predicted octanol–water partition coefficient (Wildman–Crippen LogP) is 4.49. The van der Waals surface area contributed by atoms with E-state index >= 15 is 0 Å². The number of carbonyl (C=O) groups is 1. The van der Waals surface area contributed by atoms with Gasteiger partial charge in [0.1, 0.15) is 0 Å². The van der Waals surface area contributed by atoms with Gasteiger partial charge in [0.15, 0.2) is 11.0 Å². The molecule has 1 amide bonds. The molecule has 1 aliphatic carbocycles. The largest absolute Gasteiger partial charge is 0.352 e. The molecule has 2 aromatic heterocycles. The van der Waals surface area contributed by atoms with Gasteiger partial charge in [0, 0.05) is 24.0 Å². The molecular weight excluding hydrogens is 394 g/mol. The van der Waals surface area contributed by atoms with Crippen molar-refractivity contribution in [1.82, 2.24) is 25.1 Å². The minimum atomic E-state index is -0.263. The minimum Gasteiger partial charge on any atom is -0.352 e. The van der Waals surface area contributed by atoms with Crippen LogP contribution in [0.5, 0.6) is 0 Å². The van der Waals surface area contributed by atoms with Gasteiger partial charge in [-0.25, -0.2) is 0 Å². The highest BCUT2D eigenvalue weighted by molar-refractivity contribution is 8.00. The van der Waals surface area contributed by atoms with E-state index < -0.39 is 0 Å². The van der Waals surface area contributed by atoms with Crippen LogP contribution in [0.1, 0.15) is 43.7 Å². The molecule has 2 heterocycles. The Morgan fingerprint density at radius 3 is 2.70 bits per heavy atom. The van der Waals surface area contributed by atoms with Gasteiger partial charge < -0.3 is 5.32 Å². The van der Waals surface area contributed by atoms with Crippen molar-refractivity contribution in [1.29, 1.82) is 0 Å². The zero-order valence-corrected chi connectivity index (χ0v) is 18.4. The van der Waals surface area contributed by atoms with E-state index in [1.807, 2.05) is 23.6 Å². The molecule has 0 spiro atoms. The Morgan fingerprint density at radius 1 is 1.20 bits per heavy atom. The van der Waals surface area contributed by atoms with Gasteiger partial charge in [0.05, 0.1) is 10.9 Å². The summed E-state index contributed by atoms with van der Waals surface area (Å²) in [6, 6.07) is 10.5. The Balaban J connectivity index is 1.67. The van der Waals surface area contributed by atoms with Crippen molar-refractivity contribution in [2.75, 3.05) is 0 Å². The third kappa shape index (κ3) is 4.41. The van der Waals surface area contributed by atoms with E-state index in [-0.39, 0.29) is 11.2 Å². The van der Waals surface area contributed by atoms with Crippen molar-refractivity contribution in [3.05, 3.63) is 53.9 Å². The van der Waals surface area contributed by atoms with Crippen molar-refractivity contribution in [2.45, 2.75) is 62.9 Å². The molecule has 0 bridgehead atoms. The van der Waals surface area contributed by atoms with Crippen LogP contribution >= 0.6 is 11.8 Å². The monoisotopic (exact) mass is 421 g/mol. The van der Waals surface area contributed by atoms with E-state index in [1.54, 1.807) is 12.4 Å². The molecule has 156 valence electrons. The average molecular weight is 422 g/mol. The Labute approximate surface area is 181 Å². The van der Waals surface area contributed by atoms with Gasteiger partial charge >= 0.3 is 0 Å². The van der Waals surface area contributed by atoms with E-state index in [1.165, 1.54) is 30.2 Å². The molecule has 0 aliphatic heterocycles. The molecule has 1 aliphatic rings. The molecule has 7 heteroatoms. The number of aromatic nitrogens is 4. The van der Waals surface area contributed by atoms with Gasteiger partial charge in [-0.15, -0.1) is 10.2 Å². The first-order chi connectivity index (χ1) is 14.5. The van der Waals surface area contributed by atoms with Crippen molar-refractivity contribution in [3.8, 4) is 17.1 Å². The first-order valence-electron chi connectivity index (χ1n) is 10.4. The normalized spacial score (nSPS) is 15.3. The Morgan fingerprint density at radius 2 is 2.00 bits per heavy atom. The Hall–Kier alpha value is -2.67. The lowest BCUT2D eigenvalue weighted by atomic mass is 10.1. The maximum Gasteiger partial charge on any atom is 0.233 e. The number of pyridine rings is 1. The molecule has 1 aromatic carbocycles. The predicted molar refractivity (Wildman–Crippen MR) is 120 cm³/mol. The molecule has 3 aromatic rings. The summed E-state index contributed by atoms with van der Waals surface area (Å²) >= 11 is 1.44. The molecule has 1 fully saturated rings. The maximum atomic E-state index is 12.7.